The van der Waals surface area contributed by atoms with E-state index in [1.807, 2.05) is 38.1 Å². The molecule has 1 heterocycles. The van der Waals surface area contributed by atoms with Crippen LogP contribution < -0.4 is 0 Å². The van der Waals surface area contributed by atoms with Crippen LogP contribution in [0.5, 0.6) is 0 Å². The number of carboxylic acid groups (broad SMARTS) is 1. The van der Waals surface area contributed by atoms with E-state index in [4.69, 9.17) is 0 Å². The maximum atomic E-state index is 11.9. The number of tetrazole rings is 1. The first-order valence-corrected chi connectivity index (χ1v) is 10.9. The van der Waals surface area contributed by atoms with Gasteiger partial charge in [0, 0.05) is 12.1 Å². The third-order valence-corrected chi connectivity index (χ3v) is 5.50. The Kier molecular flexibility index (Phi) is 7.89. The number of aliphatic carboxylic acids is 1. The summed E-state index contributed by atoms with van der Waals surface area (Å²) in [5, 5.41) is 24.0. The van der Waals surface area contributed by atoms with Crippen LogP contribution in [0.3, 0.4) is 0 Å². The molecule has 0 radical (unpaired) electrons. The summed E-state index contributed by atoms with van der Waals surface area (Å²) in [7, 11) is 0. The van der Waals surface area contributed by atoms with Crippen LogP contribution in [-0.4, -0.2) is 49.2 Å². The zero-order chi connectivity index (χ0) is 22.2. The molecule has 0 aliphatic heterocycles. The minimum absolute atomic E-state index is 0.0424. The Morgan fingerprint density at radius 1 is 1.06 bits per heavy atom. The molecule has 0 saturated heterocycles. The van der Waals surface area contributed by atoms with Gasteiger partial charge in [-0.25, -0.2) is 5.10 Å². The van der Waals surface area contributed by atoms with Gasteiger partial charge in [0.15, 0.2) is 5.82 Å². The van der Waals surface area contributed by atoms with Gasteiger partial charge in [-0.2, -0.15) is 0 Å². The van der Waals surface area contributed by atoms with Crippen LogP contribution in [0.2, 0.25) is 0 Å². The Bertz CT molecular complexity index is 954. The van der Waals surface area contributed by atoms with Gasteiger partial charge in [-0.05, 0) is 46.0 Å². The van der Waals surface area contributed by atoms with E-state index in [1.165, 1.54) is 0 Å². The second-order valence-corrected chi connectivity index (χ2v) is 8.20. The molecular weight excluding hydrogens is 390 g/mol. The molecule has 7 nitrogen and oxygen atoms in total. The second-order valence-electron chi connectivity index (χ2n) is 8.20. The number of hydrogen-bond acceptors (Lipinski definition) is 5. The Hall–Kier alpha value is -3.06. The molecule has 0 spiro atoms. The lowest BCUT2D eigenvalue weighted by Gasteiger charge is -2.31. The second kappa shape index (κ2) is 10.8. The molecule has 0 aliphatic rings. The SMILES string of the molecule is CCCCCN(Cc1ccc(-c2ccccc2-c2nnn[nH]2)cc1)[C@H](C(=O)O)C(C)C. The molecule has 3 aromatic rings. The van der Waals surface area contributed by atoms with Gasteiger partial charge >= 0.3 is 5.97 Å². The number of nitrogens with one attached hydrogen (secondary N) is 1. The van der Waals surface area contributed by atoms with E-state index in [0.29, 0.717) is 12.4 Å². The Morgan fingerprint density at radius 3 is 2.35 bits per heavy atom. The first kappa shape index (κ1) is 22.6. The molecule has 0 saturated carbocycles. The lowest BCUT2D eigenvalue weighted by Crippen LogP contribution is -2.44. The van der Waals surface area contributed by atoms with Gasteiger partial charge in [-0.3, -0.25) is 9.69 Å². The summed E-state index contributed by atoms with van der Waals surface area (Å²) >= 11 is 0. The molecule has 2 aromatic carbocycles. The van der Waals surface area contributed by atoms with E-state index >= 15 is 0 Å². The highest BCUT2D eigenvalue weighted by Crippen LogP contribution is 2.30. The fourth-order valence-electron chi connectivity index (χ4n) is 3.98. The topological polar surface area (TPSA) is 95.0 Å². The third kappa shape index (κ3) is 5.76. The van der Waals surface area contributed by atoms with Gasteiger partial charge in [0.1, 0.15) is 6.04 Å². The molecule has 0 aliphatic carbocycles. The number of carbonyl (C=O) groups is 1. The first-order chi connectivity index (χ1) is 15.0. The first-order valence-electron chi connectivity index (χ1n) is 10.9. The van der Waals surface area contributed by atoms with Gasteiger partial charge in [0.2, 0.25) is 0 Å². The third-order valence-electron chi connectivity index (χ3n) is 5.50. The van der Waals surface area contributed by atoms with Crippen molar-refractivity contribution in [2.45, 2.75) is 52.6 Å². The average Bonchev–Trinajstić information content (AvgIpc) is 3.29. The monoisotopic (exact) mass is 421 g/mol. The van der Waals surface area contributed by atoms with E-state index in [1.54, 1.807) is 0 Å². The summed E-state index contributed by atoms with van der Waals surface area (Å²) in [5.74, 6) is -0.0819. The van der Waals surface area contributed by atoms with Gasteiger partial charge in [-0.1, -0.05) is 82.1 Å². The number of H-pyrrole nitrogens is 1. The molecular formula is C24H31N5O2. The van der Waals surface area contributed by atoms with Crippen LogP contribution in [-0.2, 0) is 11.3 Å². The van der Waals surface area contributed by atoms with Crippen LogP contribution in [0.4, 0.5) is 0 Å². The summed E-state index contributed by atoms with van der Waals surface area (Å²) in [6.45, 7) is 7.51. The fourth-order valence-corrected chi connectivity index (χ4v) is 3.98. The normalized spacial score (nSPS) is 12.4. The van der Waals surface area contributed by atoms with Crippen molar-refractivity contribution in [3.8, 4) is 22.5 Å². The van der Waals surface area contributed by atoms with Crippen LogP contribution >= 0.6 is 0 Å². The smallest absolute Gasteiger partial charge is 0.321 e. The van der Waals surface area contributed by atoms with Crippen molar-refractivity contribution in [3.63, 3.8) is 0 Å². The van der Waals surface area contributed by atoms with Crippen molar-refractivity contribution in [1.29, 1.82) is 0 Å². The number of benzene rings is 2. The fraction of sp³-hybridized carbons (Fsp3) is 0.417. The summed E-state index contributed by atoms with van der Waals surface area (Å²) in [6.07, 6.45) is 3.22. The van der Waals surface area contributed by atoms with Gasteiger partial charge in [0.25, 0.3) is 0 Å². The number of unbranched alkanes of at least 4 members (excludes halogenated alkanes) is 2. The quantitative estimate of drug-likeness (QED) is 0.438. The molecule has 0 unspecified atom stereocenters. The molecule has 3 rings (SSSR count). The molecule has 0 bridgehead atoms. The molecule has 2 N–H and O–H groups in total. The zero-order valence-corrected chi connectivity index (χ0v) is 18.5. The van der Waals surface area contributed by atoms with Crippen LogP contribution in [0.1, 0.15) is 45.6 Å². The number of aromatic amines is 1. The predicted molar refractivity (Wildman–Crippen MR) is 121 cm³/mol. The highest BCUT2D eigenvalue weighted by atomic mass is 16.4. The number of aromatic nitrogens is 4. The van der Waals surface area contributed by atoms with Crippen molar-refractivity contribution in [2.75, 3.05) is 6.54 Å². The highest BCUT2D eigenvalue weighted by Gasteiger charge is 2.28. The summed E-state index contributed by atoms with van der Waals surface area (Å²) in [4.78, 5) is 14.0. The Labute approximate surface area is 183 Å². The number of carboxylic acids is 1. The summed E-state index contributed by atoms with van der Waals surface area (Å²) in [6, 6.07) is 15.8. The summed E-state index contributed by atoms with van der Waals surface area (Å²) < 4.78 is 0. The molecule has 0 amide bonds. The lowest BCUT2D eigenvalue weighted by molar-refractivity contribution is -0.145. The number of nitrogens with zero attached hydrogens (tertiary/aromatic N) is 4. The molecule has 31 heavy (non-hydrogen) atoms. The minimum atomic E-state index is -0.752. The number of hydrogen-bond donors (Lipinski definition) is 2. The average molecular weight is 422 g/mol. The van der Waals surface area contributed by atoms with E-state index in [0.717, 1.165) is 48.1 Å². The van der Waals surface area contributed by atoms with Crippen molar-refractivity contribution in [2.24, 2.45) is 5.92 Å². The van der Waals surface area contributed by atoms with Gasteiger partial charge in [0.05, 0.1) is 0 Å². The lowest BCUT2D eigenvalue weighted by atomic mass is 9.97. The van der Waals surface area contributed by atoms with Gasteiger partial charge < -0.3 is 5.11 Å². The van der Waals surface area contributed by atoms with Crippen molar-refractivity contribution in [1.82, 2.24) is 25.5 Å². The highest BCUT2D eigenvalue weighted by molar-refractivity contribution is 5.80. The number of rotatable bonds is 11. The van der Waals surface area contributed by atoms with Crippen LogP contribution in [0, 0.1) is 5.92 Å². The van der Waals surface area contributed by atoms with Crippen LogP contribution in [0.25, 0.3) is 22.5 Å². The van der Waals surface area contributed by atoms with Crippen molar-refractivity contribution < 1.29 is 9.90 Å². The zero-order valence-electron chi connectivity index (χ0n) is 18.5. The maximum Gasteiger partial charge on any atom is 0.321 e. The van der Waals surface area contributed by atoms with Crippen molar-refractivity contribution in [3.05, 3.63) is 54.1 Å². The van der Waals surface area contributed by atoms with E-state index in [2.05, 4.69) is 56.7 Å². The molecule has 1 aromatic heterocycles. The minimum Gasteiger partial charge on any atom is -0.480 e. The standard InChI is InChI=1S/C24H31N5O2/c1-4-5-8-15-29(22(17(2)3)24(30)31)16-18-11-13-19(14-12-18)20-9-6-7-10-21(20)23-25-27-28-26-23/h6-7,9-14,17,22H,4-5,8,15-16H2,1-3H3,(H,30,31)(H,25,26,27,28)/t22-/m0/s1. The van der Waals surface area contributed by atoms with E-state index in [9.17, 15) is 9.90 Å². The maximum absolute atomic E-state index is 11.9. The molecule has 164 valence electrons. The van der Waals surface area contributed by atoms with Crippen LogP contribution in [0.15, 0.2) is 48.5 Å². The van der Waals surface area contributed by atoms with E-state index < -0.39 is 12.0 Å². The largest absolute Gasteiger partial charge is 0.480 e. The van der Waals surface area contributed by atoms with Crippen molar-refractivity contribution >= 4 is 5.97 Å². The molecule has 0 fully saturated rings. The van der Waals surface area contributed by atoms with E-state index in [-0.39, 0.29) is 5.92 Å². The molecule has 7 heteroatoms. The summed E-state index contributed by atoms with van der Waals surface area (Å²) in [5.41, 5.74) is 4.14. The Balaban J connectivity index is 1.82. The Morgan fingerprint density at radius 2 is 1.77 bits per heavy atom. The molecule has 1 atom stereocenters. The van der Waals surface area contributed by atoms with Gasteiger partial charge in [-0.15, -0.1) is 5.10 Å². The predicted octanol–water partition coefficient (Wildman–Crippen LogP) is 4.64.